The van der Waals surface area contributed by atoms with E-state index in [1.54, 1.807) is 0 Å². The second kappa shape index (κ2) is 8.93. The summed E-state index contributed by atoms with van der Waals surface area (Å²) in [5.74, 6) is 0. The molecule has 1 saturated carbocycles. The molecule has 1 N–H and O–H groups in total. The van der Waals surface area contributed by atoms with E-state index in [0.29, 0.717) is 0 Å². The zero-order valence-corrected chi connectivity index (χ0v) is 12.2. The van der Waals surface area contributed by atoms with Crippen molar-refractivity contribution in [2.75, 3.05) is 20.6 Å². The molecule has 0 aromatic carbocycles. The maximum atomic E-state index is 3.41. The van der Waals surface area contributed by atoms with Crippen molar-refractivity contribution in [1.29, 1.82) is 0 Å². The summed E-state index contributed by atoms with van der Waals surface area (Å²) in [5.41, 5.74) is 0. The van der Waals surface area contributed by atoms with Crippen molar-refractivity contribution in [2.24, 2.45) is 0 Å². The minimum absolute atomic E-state index is 0.782. The molecule has 0 unspecified atom stereocenters. The van der Waals surface area contributed by atoms with E-state index in [-0.39, 0.29) is 0 Å². The van der Waals surface area contributed by atoms with Crippen molar-refractivity contribution in [3.8, 4) is 0 Å². The van der Waals surface area contributed by atoms with Crippen LogP contribution in [0.3, 0.4) is 0 Å². The summed E-state index contributed by atoms with van der Waals surface area (Å²) < 4.78 is 0. The molecule has 0 saturated heterocycles. The fourth-order valence-corrected chi connectivity index (χ4v) is 2.95. The molecule has 102 valence electrons. The molecule has 0 amide bonds. The van der Waals surface area contributed by atoms with Gasteiger partial charge in [-0.1, -0.05) is 32.6 Å². The maximum Gasteiger partial charge on any atom is 0.00933 e. The Morgan fingerprint density at radius 1 is 1.00 bits per heavy atom. The van der Waals surface area contributed by atoms with Crippen molar-refractivity contribution in [3.05, 3.63) is 0 Å². The lowest BCUT2D eigenvalue weighted by atomic mass is 9.90. The van der Waals surface area contributed by atoms with Crippen LogP contribution in [0.1, 0.15) is 64.7 Å². The molecule has 0 heterocycles. The second-order valence-electron chi connectivity index (χ2n) is 5.69. The quantitative estimate of drug-likeness (QED) is 0.654. The van der Waals surface area contributed by atoms with E-state index in [0.717, 1.165) is 12.1 Å². The number of nitrogens with zero attached hydrogens (tertiary/aromatic N) is 1. The van der Waals surface area contributed by atoms with E-state index in [4.69, 9.17) is 0 Å². The highest BCUT2D eigenvalue weighted by molar-refractivity contribution is 4.80. The van der Waals surface area contributed by atoms with Crippen LogP contribution in [-0.4, -0.2) is 37.6 Å². The normalized spacial score (nSPS) is 25.4. The molecular weight excluding hydrogens is 208 g/mol. The van der Waals surface area contributed by atoms with Gasteiger partial charge in [-0.15, -0.1) is 0 Å². The topological polar surface area (TPSA) is 15.3 Å². The van der Waals surface area contributed by atoms with Crippen molar-refractivity contribution in [3.63, 3.8) is 0 Å². The fourth-order valence-electron chi connectivity index (χ4n) is 2.95. The van der Waals surface area contributed by atoms with Crippen molar-refractivity contribution in [2.45, 2.75) is 76.8 Å². The Morgan fingerprint density at radius 3 is 2.24 bits per heavy atom. The van der Waals surface area contributed by atoms with Crippen LogP contribution in [0.5, 0.6) is 0 Å². The van der Waals surface area contributed by atoms with E-state index in [2.05, 4.69) is 31.2 Å². The first kappa shape index (κ1) is 15.0. The molecule has 2 nitrogen and oxygen atoms in total. The summed E-state index contributed by atoms with van der Waals surface area (Å²) in [4.78, 5) is 2.61. The van der Waals surface area contributed by atoms with E-state index in [1.165, 1.54) is 64.3 Å². The molecule has 0 aromatic rings. The van der Waals surface area contributed by atoms with E-state index >= 15 is 0 Å². The first-order chi connectivity index (χ1) is 8.27. The average molecular weight is 240 g/mol. The summed E-state index contributed by atoms with van der Waals surface area (Å²) >= 11 is 0. The first-order valence-corrected chi connectivity index (χ1v) is 7.65. The van der Waals surface area contributed by atoms with Crippen LogP contribution in [0, 0.1) is 0 Å². The lowest BCUT2D eigenvalue weighted by molar-refractivity contribution is 0.173. The molecule has 1 rings (SSSR count). The maximum absolute atomic E-state index is 3.41. The molecule has 1 aliphatic rings. The summed E-state index contributed by atoms with van der Waals surface area (Å²) in [7, 11) is 4.42. The Balaban J connectivity index is 2.05. The standard InChI is InChI=1S/C15H32N2/c1-4-5-6-7-8-13-17(3)15-11-9-14(16-2)10-12-15/h14-16H,4-13H2,1-3H3. The van der Waals surface area contributed by atoms with Gasteiger partial charge in [-0.05, 0) is 52.7 Å². The Bertz CT molecular complexity index is 174. The molecule has 0 radical (unpaired) electrons. The molecule has 0 aromatic heterocycles. The highest BCUT2D eigenvalue weighted by Crippen LogP contribution is 2.22. The number of hydrogen-bond donors (Lipinski definition) is 1. The van der Waals surface area contributed by atoms with Gasteiger partial charge in [0.1, 0.15) is 0 Å². The summed E-state index contributed by atoms with van der Waals surface area (Å²) in [6, 6.07) is 1.63. The third-order valence-corrected chi connectivity index (χ3v) is 4.34. The van der Waals surface area contributed by atoms with Crippen LogP contribution >= 0.6 is 0 Å². The first-order valence-electron chi connectivity index (χ1n) is 7.65. The minimum atomic E-state index is 0.782. The lowest BCUT2D eigenvalue weighted by Gasteiger charge is -2.34. The molecule has 1 fully saturated rings. The van der Waals surface area contributed by atoms with Gasteiger partial charge in [-0.25, -0.2) is 0 Å². The van der Waals surface area contributed by atoms with Gasteiger partial charge >= 0.3 is 0 Å². The number of hydrogen-bond acceptors (Lipinski definition) is 2. The van der Waals surface area contributed by atoms with Gasteiger partial charge in [0, 0.05) is 12.1 Å². The highest BCUT2D eigenvalue weighted by atomic mass is 15.1. The van der Waals surface area contributed by atoms with E-state index < -0.39 is 0 Å². The van der Waals surface area contributed by atoms with E-state index in [1.807, 2.05) is 0 Å². The second-order valence-corrected chi connectivity index (χ2v) is 5.69. The molecule has 2 heteroatoms. The molecular formula is C15H32N2. The minimum Gasteiger partial charge on any atom is -0.317 e. The summed E-state index contributed by atoms with van der Waals surface area (Å²) in [5, 5.41) is 3.41. The molecule has 0 aliphatic heterocycles. The smallest absolute Gasteiger partial charge is 0.00933 e. The predicted molar refractivity (Wildman–Crippen MR) is 76.5 cm³/mol. The monoisotopic (exact) mass is 240 g/mol. The van der Waals surface area contributed by atoms with Crippen LogP contribution < -0.4 is 5.32 Å². The van der Waals surface area contributed by atoms with E-state index in [9.17, 15) is 0 Å². The van der Waals surface area contributed by atoms with Gasteiger partial charge in [0.05, 0.1) is 0 Å². The predicted octanol–water partition coefficient (Wildman–Crippen LogP) is 3.42. The number of rotatable bonds is 8. The summed E-state index contributed by atoms with van der Waals surface area (Å²) in [6.07, 6.45) is 12.5. The molecule has 0 bridgehead atoms. The Morgan fingerprint density at radius 2 is 1.65 bits per heavy atom. The summed E-state index contributed by atoms with van der Waals surface area (Å²) in [6.45, 7) is 3.59. The third-order valence-electron chi connectivity index (χ3n) is 4.34. The van der Waals surface area contributed by atoms with Gasteiger partial charge < -0.3 is 10.2 Å². The van der Waals surface area contributed by atoms with Gasteiger partial charge in [-0.3, -0.25) is 0 Å². The average Bonchev–Trinajstić information content (AvgIpc) is 2.38. The fraction of sp³-hybridized carbons (Fsp3) is 1.00. The van der Waals surface area contributed by atoms with Gasteiger partial charge in [0.15, 0.2) is 0 Å². The van der Waals surface area contributed by atoms with Crippen molar-refractivity contribution >= 4 is 0 Å². The zero-order valence-electron chi connectivity index (χ0n) is 12.2. The Hall–Kier alpha value is -0.0800. The third kappa shape index (κ3) is 5.87. The SMILES string of the molecule is CCCCCCCN(C)C1CCC(NC)CC1. The van der Waals surface area contributed by atoms with Crippen LogP contribution in [0.4, 0.5) is 0 Å². The van der Waals surface area contributed by atoms with Crippen molar-refractivity contribution in [1.82, 2.24) is 10.2 Å². The largest absolute Gasteiger partial charge is 0.317 e. The Labute approximate surface area is 108 Å². The number of nitrogens with one attached hydrogen (secondary N) is 1. The van der Waals surface area contributed by atoms with Gasteiger partial charge in [-0.2, -0.15) is 0 Å². The zero-order chi connectivity index (χ0) is 12.5. The lowest BCUT2D eigenvalue weighted by Crippen LogP contribution is -2.40. The van der Waals surface area contributed by atoms with Crippen LogP contribution in [0.25, 0.3) is 0 Å². The highest BCUT2D eigenvalue weighted by Gasteiger charge is 2.22. The Kier molecular flexibility index (Phi) is 7.87. The number of unbranched alkanes of at least 4 members (excludes halogenated alkanes) is 4. The molecule has 17 heavy (non-hydrogen) atoms. The van der Waals surface area contributed by atoms with Crippen LogP contribution in [-0.2, 0) is 0 Å². The molecule has 0 atom stereocenters. The molecule has 1 aliphatic carbocycles. The van der Waals surface area contributed by atoms with Crippen LogP contribution in [0.15, 0.2) is 0 Å². The molecule has 0 spiro atoms. The van der Waals surface area contributed by atoms with Gasteiger partial charge in [0.25, 0.3) is 0 Å². The van der Waals surface area contributed by atoms with Crippen LogP contribution in [0.2, 0.25) is 0 Å². The van der Waals surface area contributed by atoms with Crippen molar-refractivity contribution < 1.29 is 0 Å². The van der Waals surface area contributed by atoms with Gasteiger partial charge in [0.2, 0.25) is 0 Å².